The Hall–Kier alpha value is -3.47. The molecule has 4 unspecified atom stereocenters. The molecule has 0 saturated heterocycles. The lowest BCUT2D eigenvalue weighted by molar-refractivity contribution is -0.144. The highest BCUT2D eigenvalue weighted by molar-refractivity contribution is 5.95. The van der Waals surface area contributed by atoms with Gasteiger partial charge in [-0.2, -0.15) is 0 Å². The lowest BCUT2D eigenvalue weighted by atomic mass is 10.0. The van der Waals surface area contributed by atoms with Crippen LogP contribution in [-0.4, -0.2) is 64.0 Å². The van der Waals surface area contributed by atoms with Crippen LogP contribution in [0.25, 0.3) is 0 Å². The lowest BCUT2D eigenvalue weighted by Gasteiger charge is -2.25. The third-order valence-electron chi connectivity index (χ3n) is 4.57. The second kappa shape index (κ2) is 12.4. The molecule has 4 atom stereocenters. The molecule has 32 heavy (non-hydrogen) atoms. The van der Waals surface area contributed by atoms with E-state index in [1.165, 1.54) is 6.92 Å². The Kier molecular flexibility index (Phi) is 10.3. The van der Waals surface area contributed by atoms with Crippen LogP contribution in [0.5, 0.6) is 0 Å². The van der Waals surface area contributed by atoms with Gasteiger partial charge in [0.15, 0.2) is 0 Å². The fourth-order valence-electron chi connectivity index (χ4n) is 2.79. The second-order valence-electron chi connectivity index (χ2n) is 7.77. The first-order chi connectivity index (χ1) is 14.9. The molecule has 0 radical (unpaired) electrons. The highest BCUT2D eigenvalue weighted by atomic mass is 16.4. The number of nitrogens with two attached hydrogens (primary N) is 1. The van der Waals surface area contributed by atoms with Crippen LogP contribution >= 0.6 is 0 Å². The van der Waals surface area contributed by atoms with Crippen LogP contribution < -0.4 is 21.7 Å². The van der Waals surface area contributed by atoms with Crippen molar-refractivity contribution in [2.24, 2.45) is 11.7 Å². The van der Waals surface area contributed by atoms with Gasteiger partial charge in [0, 0.05) is 6.42 Å². The first-order valence-electron chi connectivity index (χ1n) is 10.1. The van der Waals surface area contributed by atoms with Crippen LogP contribution in [-0.2, 0) is 30.4 Å². The SMILES string of the molecule is CC(N)C(=O)NC(CC(=O)O)C(=O)NC(Cc1ccccc1)C(=O)NC(C(=O)O)C(C)C. The normalized spacial score (nSPS) is 14.5. The minimum absolute atomic E-state index is 0.0177. The third kappa shape index (κ3) is 8.72. The molecule has 0 saturated carbocycles. The third-order valence-corrected chi connectivity index (χ3v) is 4.57. The summed E-state index contributed by atoms with van der Waals surface area (Å²) in [5.41, 5.74) is 6.15. The predicted octanol–water partition coefficient (Wildman–Crippen LogP) is -0.754. The molecule has 176 valence electrons. The molecular formula is C21H30N4O7. The van der Waals surface area contributed by atoms with Gasteiger partial charge in [0.25, 0.3) is 0 Å². The molecule has 7 N–H and O–H groups in total. The number of hydrogen-bond acceptors (Lipinski definition) is 6. The summed E-state index contributed by atoms with van der Waals surface area (Å²) in [6.45, 7) is 4.61. The lowest BCUT2D eigenvalue weighted by Crippen LogP contribution is -2.58. The van der Waals surface area contributed by atoms with Crippen molar-refractivity contribution < 1.29 is 34.2 Å². The summed E-state index contributed by atoms with van der Waals surface area (Å²) in [4.78, 5) is 60.2. The van der Waals surface area contributed by atoms with Gasteiger partial charge in [0.1, 0.15) is 18.1 Å². The molecule has 1 aromatic rings. The van der Waals surface area contributed by atoms with Crippen molar-refractivity contribution in [1.29, 1.82) is 0 Å². The minimum atomic E-state index is -1.47. The number of carbonyl (C=O) groups is 5. The quantitative estimate of drug-likeness (QED) is 0.240. The molecule has 0 fully saturated rings. The van der Waals surface area contributed by atoms with Gasteiger partial charge in [-0.15, -0.1) is 0 Å². The maximum Gasteiger partial charge on any atom is 0.326 e. The van der Waals surface area contributed by atoms with Crippen LogP contribution in [0.2, 0.25) is 0 Å². The fourth-order valence-corrected chi connectivity index (χ4v) is 2.79. The Morgan fingerprint density at radius 3 is 1.84 bits per heavy atom. The molecule has 11 heteroatoms. The molecule has 0 aliphatic carbocycles. The van der Waals surface area contributed by atoms with Crippen LogP contribution in [0, 0.1) is 5.92 Å². The van der Waals surface area contributed by atoms with Crippen LogP contribution in [0.1, 0.15) is 32.8 Å². The highest BCUT2D eigenvalue weighted by Crippen LogP contribution is 2.07. The number of aliphatic carboxylic acids is 2. The number of hydrogen-bond donors (Lipinski definition) is 6. The number of benzene rings is 1. The number of rotatable bonds is 12. The first-order valence-corrected chi connectivity index (χ1v) is 10.1. The van der Waals surface area contributed by atoms with Gasteiger partial charge in [-0.25, -0.2) is 4.79 Å². The van der Waals surface area contributed by atoms with Crippen molar-refractivity contribution in [3.8, 4) is 0 Å². The summed E-state index contributed by atoms with van der Waals surface area (Å²) >= 11 is 0. The Labute approximate surface area is 185 Å². The monoisotopic (exact) mass is 450 g/mol. The van der Waals surface area contributed by atoms with Gasteiger partial charge in [-0.05, 0) is 18.4 Å². The minimum Gasteiger partial charge on any atom is -0.481 e. The van der Waals surface area contributed by atoms with E-state index in [-0.39, 0.29) is 6.42 Å². The van der Waals surface area contributed by atoms with Crippen molar-refractivity contribution in [3.05, 3.63) is 35.9 Å². The van der Waals surface area contributed by atoms with Gasteiger partial charge in [0.05, 0.1) is 12.5 Å². The molecule has 0 aliphatic rings. The fraction of sp³-hybridized carbons (Fsp3) is 0.476. The van der Waals surface area contributed by atoms with E-state index in [4.69, 9.17) is 10.8 Å². The zero-order valence-corrected chi connectivity index (χ0v) is 18.2. The Morgan fingerprint density at radius 2 is 1.38 bits per heavy atom. The molecule has 0 aromatic heterocycles. The predicted molar refractivity (Wildman–Crippen MR) is 114 cm³/mol. The second-order valence-corrected chi connectivity index (χ2v) is 7.77. The number of nitrogens with one attached hydrogen (secondary N) is 3. The van der Waals surface area contributed by atoms with E-state index < -0.39 is 66.2 Å². The topological polar surface area (TPSA) is 188 Å². The largest absolute Gasteiger partial charge is 0.481 e. The van der Waals surface area contributed by atoms with Gasteiger partial charge < -0.3 is 31.9 Å². The first kappa shape index (κ1) is 26.6. The van der Waals surface area contributed by atoms with Crippen LogP contribution in [0.3, 0.4) is 0 Å². The molecule has 3 amide bonds. The molecule has 0 aliphatic heterocycles. The average molecular weight is 450 g/mol. The van der Waals surface area contributed by atoms with Crippen molar-refractivity contribution in [2.75, 3.05) is 0 Å². The van der Waals surface area contributed by atoms with Gasteiger partial charge in [-0.3, -0.25) is 19.2 Å². The summed E-state index contributed by atoms with van der Waals surface area (Å²) in [5.74, 6) is -5.39. The molecule has 0 heterocycles. The smallest absolute Gasteiger partial charge is 0.326 e. The molecule has 0 spiro atoms. The van der Waals surface area contributed by atoms with E-state index in [0.717, 1.165) is 0 Å². The van der Waals surface area contributed by atoms with E-state index in [2.05, 4.69) is 16.0 Å². The van der Waals surface area contributed by atoms with Crippen LogP contribution in [0.15, 0.2) is 30.3 Å². The molecule has 11 nitrogen and oxygen atoms in total. The zero-order chi connectivity index (χ0) is 24.4. The van der Waals surface area contributed by atoms with E-state index in [0.29, 0.717) is 5.56 Å². The summed E-state index contributed by atoms with van der Waals surface area (Å²) in [7, 11) is 0. The van der Waals surface area contributed by atoms with Crippen molar-refractivity contribution >= 4 is 29.7 Å². The van der Waals surface area contributed by atoms with Gasteiger partial charge >= 0.3 is 11.9 Å². The summed E-state index contributed by atoms with van der Waals surface area (Å²) < 4.78 is 0. The number of carbonyl (C=O) groups excluding carboxylic acids is 3. The molecule has 0 bridgehead atoms. The molecule has 1 rings (SSSR count). The summed E-state index contributed by atoms with van der Waals surface area (Å²) in [6.07, 6.45) is -0.711. The van der Waals surface area contributed by atoms with E-state index in [1.807, 2.05) is 0 Å². The van der Waals surface area contributed by atoms with E-state index >= 15 is 0 Å². The van der Waals surface area contributed by atoms with Crippen LogP contribution in [0.4, 0.5) is 0 Å². The maximum atomic E-state index is 12.9. The summed E-state index contributed by atoms with van der Waals surface area (Å²) in [5, 5.41) is 25.5. The Balaban J connectivity index is 3.12. The number of amides is 3. The zero-order valence-electron chi connectivity index (χ0n) is 18.2. The maximum absolute atomic E-state index is 12.9. The Morgan fingerprint density at radius 1 is 0.844 bits per heavy atom. The van der Waals surface area contributed by atoms with Crippen molar-refractivity contribution in [3.63, 3.8) is 0 Å². The van der Waals surface area contributed by atoms with Gasteiger partial charge in [0.2, 0.25) is 17.7 Å². The highest BCUT2D eigenvalue weighted by Gasteiger charge is 2.32. The molecule has 1 aromatic carbocycles. The number of carboxylic acid groups (broad SMARTS) is 2. The van der Waals surface area contributed by atoms with Crippen molar-refractivity contribution in [2.45, 2.75) is 57.8 Å². The average Bonchev–Trinajstić information content (AvgIpc) is 2.70. The summed E-state index contributed by atoms with van der Waals surface area (Å²) in [6, 6.07) is 3.81. The molecular weight excluding hydrogens is 420 g/mol. The van der Waals surface area contributed by atoms with E-state index in [9.17, 15) is 29.1 Å². The Bertz CT molecular complexity index is 827. The number of carboxylic acids is 2. The standard InChI is InChI=1S/C21H30N4O7/c1-11(2)17(21(31)32)25-20(30)14(9-13-7-5-4-6-8-13)24-19(29)15(10-16(26)27)23-18(28)12(3)22/h4-8,11-12,14-15,17H,9-10,22H2,1-3H3,(H,23,28)(H,24,29)(H,25,30)(H,26,27)(H,31,32). The van der Waals surface area contributed by atoms with Crippen molar-refractivity contribution in [1.82, 2.24) is 16.0 Å². The van der Waals surface area contributed by atoms with E-state index in [1.54, 1.807) is 44.2 Å². The van der Waals surface area contributed by atoms with Gasteiger partial charge in [-0.1, -0.05) is 44.2 Å².